The highest BCUT2D eigenvalue weighted by Gasteiger charge is 2.12. The van der Waals surface area contributed by atoms with Gasteiger partial charge in [-0.2, -0.15) is 0 Å². The lowest BCUT2D eigenvalue weighted by Crippen LogP contribution is -2.31. The van der Waals surface area contributed by atoms with Crippen LogP contribution < -0.4 is 11.3 Å². The molecule has 4 heteroatoms. The van der Waals surface area contributed by atoms with Gasteiger partial charge in [0.15, 0.2) is 0 Å². The Labute approximate surface area is 118 Å². The molecule has 0 aliphatic rings. The highest BCUT2D eigenvalue weighted by atomic mass is 16.1. The molecule has 4 nitrogen and oxygen atoms in total. The van der Waals surface area contributed by atoms with Crippen molar-refractivity contribution in [1.82, 2.24) is 4.57 Å². The summed E-state index contributed by atoms with van der Waals surface area (Å²) in [6.07, 6.45) is 0. The third kappa shape index (κ3) is 2.79. The summed E-state index contributed by atoms with van der Waals surface area (Å²) in [6.45, 7) is 4.72. The van der Waals surface area contributed by atoms with Crippen LogP contribution in [0.25, 0.3) is 11.3 Å². The van der Waals surface area contributed by atoms with Gasteiger partial charge in [-0.3, -0.25) is 10.2 Å². The van der Waals surface area contributed by atoms with E-state index in [1.165, 1.54) is 0 Å². The van der Waals surface area contributed by atoms with Crippen LogP contribution in [-0.2, 0) is 6.54 Å². The molecule has 1 heterocycles. The molecule has 0 amide bonds. The molecule has 0 aliphatic carbocycles. The standard InChI is InChI=1S/C16H19N3O/c1-11(2)10-19-14(12-6-4-3-5-7-12)9-8-13(15(17)18)16(19)20/h3-9,11H,10H2,1-2H3,(H3,17,18). The van der Waals surface area contributed by atoms with Crippen LogP contribution in [0.4, 0.5) is 0 Å². The minimum absolute atomic E-state index is 0.188. The van der Waals surface area contributed by atoms with Gasteiger partial charge < -0.3 is 10.3 Å². The molecule has 0 saturated carbocycles. The van der Waals surface area contributed by atoms with Crippen molar-refractivity contribution in [2.24, 2.45) is 11.7 Å². The number of benzene rings is 1. The predicted octanol–water partition coefficient (Wildman–Crippen LogP) is 2.46. The smallest absolute Gasteiger partial charge is 0.262 e. The van der Waals surface area contributed by atoms with E-state index in [-0.39, 0.29) is 17.0 Å². The Morgan fingerprint density at radius 2 is 1.85 bits per heavy atom. The zero-order valence-electron chi connectivity index (χ0n) is 11.8. The summed E-state index contributed by atoms with van der Waals surface area (Å²) in [6, 6.07) is 13.3. The Balaban J connectivity index is 2.66. The first-order valence-corrected chi connectivity index (χ1v) is 6.64. The Kier molecular flexibility index (Phi) is 4.03. The summed E-state index contributed by atoms with van der Waals surface area (Å²) in [7, 11) is 0. The van der Waals surface area contributed by atoms with Crippen LogP contribution >= 0.6 is 0 Å². The van der Waals surface area contributed by atoms with E-state index in [1.807, 2.05) is 36.4 Å². The largest absolute Gasteiger partial charge is 0.384 e. The van der Waals surface area contributed by atoms with Gasteiger partial charge in [-0.25, -0.2) is 0 Å². The number of amidine groups is 1. The van der Waals surface area contributed by atoms with Gasteiger partial charge in [0, 0.05) is 6.54 Å². The number of nitrogens with zero attached hydrogens (tertiary/aromatic N) is 1. The van der Waals surface area contributed by atoms with Crippen LogP contribution in [0.1, 0.15) is 19.4 Å². The van der Waals surface area contributed by atoms with Crippen molar-refractivity contribution in [3.8, 4) is 11.3 Å². The Morgan fingerprint density at radius 3 is 2.40 bits per heavy atom. The van der Waals surface area contributed by atoms with E-state index >= 15 is 0 Å². The van der Waals surface area contributed by atoms with Gasteiger partial charge in [0.25, 0.3) is 5.56 Å². The maximum atomic E-state index is 12.5. The summed E-state index contributed by atoms with van der Waals surface area (Å²) in [4.78, 5) is 12.5. The number of hydrogen-bond donors (Lipinski definition) is 2. The minimum Gasteiger partial charge on any atom is -0.384 e. The quantitative estimate of drug-likeness (QED) is 0.661. The van der Waals surface area contributed by atoms with Gasteiger partial charge in [0.1, 0.15) is 5.84 Å². The van der Waals surface area contributed by atoms with Crippen LogP contribution in [0.3, 0.4) is 0 Å². The number of pyridine rings is 1. The first-order valence-electron chi connectivity index (χ1n) is 6.64. The molecule has 0 saturated heterocycles. The lowest BCUT2D eigenvalue weighted by atomic mass is 10.1. The van der Waals surface area contributed by atoms with E-state index in [2.05, 4.69) is 13.8 Å². The fourth-order valence-corrected chi connectivity index (χ4v) is 2.19. The first kappa shape index (κ1) is 14.1. The number of aromatic nitrogens is 1. The first-order chi connectivity index (χ1) is 9.50. The second kappa shape index (κ2) is 5.74. The van der Waals surface area contributed by atoms with Gasteiger partial charge in [-0.1, -0.05) is 44.2 Å². The summed E-state index contributed by atoms with van der Waals surface area (Å²) in [5, 5.41) is 7.49. The highest BCUT2D eigenvalue weighted by molar-refractivity contribution is 5.94. The zero-order chi connectivity index (χ0) is 14.7. The van der Waals surface area contributed by atoms with Crippen molar-refractivity contribution in [3.05, 3.63) is 58.4 Å². The number of nitrogen functional groups attached to an aromatic ring is 1. The maximum Gasteiger partial charge on any atom is 0.262 e. The fourth-order valence-electron chi connectivity index (χ4n) is 2.19. The van der Waals surface area contributed by atoms with Gasteiger partial charge in [0.2, 0.25) is 0 Å². The molecule has 0 unspecified atom stereocenters. The molecular formula is C16H19N3O. The van der Waals surface area contributed by atoms with E-state index in [0.717, 1.165) is 11.3 Å². The molecule has 0 fully saturated rings. The third-order valence-corrected chi connectivity index (χ3v) is 3.08. The normalized spacial score (nSPS) is 10.8. The van der Waals surface area contributed by atoms with Crippen LogP contribution in [0, 0.1) is 11.3 Å². The van der Waals surface area contributed by atoms with E-state index < -0.39 is 0 Å². The Hall–Kier alpha value is -2.36. The minimum atomic E-state index is -0.201. The van der Waals surface area contributed by atoms with Gasteiger partial charge >= 0.3 is 0 Å². The molecule has 2 aromatic rings. The molecule has 0 radical (unpaired) electrons. The van der Waals surface area contributed by atoms with Gasteiger partial charge in [0.05, 0.1) is 11.3 Å². The molecule has 0 aliphatic heterocycles. The Morgan fingerprint density at radius 1 is 1.20 bits per heavy atom. The molecule has 20 heavy (non-hydrogen) atoms. The highest BCUT2D eigenvalue weighted by Crippen LogP contribution is 2.18. The van der Waals surface area contributed by atoms with Gasteiger partial charge in [-0.15, -0.1) is 0 Å². The van der Waals surface area contributed by atoms with Crippen molar-refractivity contribution >= 4 is 5.84 Å². The molecule has 1 aromatic carbocycles. The molecular weight excluding hydrogens is 250 g/mol. The summed E-state index contributed by atoms with van der Waals surface area (Å²) < 4.78 is 1.71. The average molecular weight is 269 g/mol. The van der Waals surface area contributed by atoms with E-state index in [0.29, 0.717) is 12.5 Å². The topological polar surface area (TPSA) is 71.9 Å². The molecule has 104 valence electrons. The van der Waals surface area contributed by atoms with Crippen LogP contribution in [-0.4, -0.2) is 10.4 Å². The Bertz CT molecular complexity index is 672. The second-order valence-corrected chi connectivity index (χ2v) is 5.22. The average Bonchev–Trinajstić information content (AvgIpc) is 2.41. The van der Waals surface area contributed by atoms with Crippen molar-refractivity contribution < 1.29 is 0 Å². The van der Waals surface area contributed by atoms with Crippen molar-refractivity contribution in [1.29, 1.82) is 5.41 Å². The fraction of sp³-hybridized carbons (Fsp3) is 0.250. The monoisotopic (exact) mass is 269 g/mol. The van der Waals surface area contributed by atoms with Crippen LogP contribution in [0.15, 0.2) is 47.3 Å². The third-order valence-electron chi connectivity index (χ3n) is 3.08. The number of rotatable bonds is 4. The summed E-state index contributed by atoms with van der Waals surface area (Å²) in [5.74, 6) is 0.143. The molecule has 0 atom stereocenters. The SMILES string of the molecule is CC(C)Cn1c(-c2ccccc2)ccc(C(=N)N)c1=O. The van der Waals surface area contributed by atoms with Crippen molar-refractivity contribution in [2.75, 3.05) is 0 Å². The summed E-state index contributed by atoms with van der Waals surface area (Å²) in [5.41, 5.74) is 7.37. The number of nitrogens with one attached hydrogen (secondary N) is 1. The van der Waals surface area contributed by atoms with Crippen molar-refractivity contribution in [3.63, 3.8) is 0 Å². The molecule has 2 rings (SSSR count). The molecule has 3 N–H and O–H groups in total. The van der Waals surface area contributed by atoms with E-state index in [1.54, 1.807) is 10.6 Å². The van der Waals surface area contributed by atoms with E-state index in [9.17, 15) is 4.79 Å². The number of hydrogen-bond acceptors (Lipinski definition) is 2. The van der Waals surface area contributed by atoms with Crippen LogP contribution in [0.5, 0.6) is 0 Å². The molecule has 0 bridgehead atoms. The maximum absolute atomic E-state index is 12.5. The lowest BCUT2D eigenvalue weighted by Gasteiger charge is -2.16. The predicted molar refractivity (Wildman–Crippen MR) is 82.0 cm³/mol. The molecule has 1 aromatic heterocycles. The zero-order valence-corrected chi connectivity index (χ0v) is 11.8. The van der Waals surface area contributed by atoms with Gasteiger partial charge in [-0.05, 0) is 23.6 Å². The van der Waals surface area contributed by atoms with Crippen LogP contribution in [0.2, 0.25) is 0 Å². The van der Waals surface area contributed by atoms with E-state index in [4.69, 9.17) is 11.1 Å². The lowest BCUT2D eigenvalue weighted by molar-refractivity contribution is 0.514. The number of nitrogens with two attached hydrogens (primary N) is 1. The van der Waals surface area contributed by atoms with Crippen molar-refractivity contribution in [2.45, 2.75) is 20.4 Å². The summed E-state index contributed by atoms with van der Waals surface area (Å²) >= 11 is 0. The molecule has 0 spiro atoms. The second-order valence-electron chi connectivity index (χ2n) is 5.22.